The first-order chi connectivity index (χ1) is 12.7. The summed E-state index contributed by atoms with van der Waals surface area (Å²) >= 11 is 1.11. The Morgan fingerprint density at radius 1 is 1.15 bits per heavy atom. The van der Waals surface area contributed by atoms with E-state index in [0.29, 0.717) is 28.5 Å². The van der Waals surface area contributed by atoms with E-state index in [4.69, 9.17) is 13.9 Å². The van der Waals surface area contributed by atoms with E-state index in [0.717, 1.165) is 24.6 Å². The standard InChI is InChI=1S/C16H16N4O5S/c21-13(8-26-16-20-19-15(25-16)9-5-6-9)17-18-14(22)12-7-23-10-3-1-2-4-11(10)24-12/h1-4,9,12H,5-8H2,(H,17,21)(H,18,22)/t12-/m0/s1. The molecular formula is C16H16N4O5S. The number of nitrogens with one attached hydrogen (secondary N) is 2. The zero-order valence-corrected chi connectivity index (χ0v) is 14.5. The van der Waals surface area contributed by atoms with Gasteiger partial charge in [-0.25, -0.2) is 0 Å². The molecule has 0 spiro atoms. The van der Waals surface area contributed by atoms with Gasteiger partial charge in [0, 0.05) is 5.92 Å². The number of hydrazine groups is 1. The summed E-state index contributed by atoms with van der Waals surface area (Å²) in [4.78, 5) is 23.9. The molecule has 4 rings (SSSR count). The van der Waals surface area contributed by atoms with E-state index in [1.807, 2.05) is 6.07 Å². The highest BCUT2D eigenvalue weighted by atomic mass is 32.2. The Labute approximate surface area is 152 Å². The molecule has 0 saturated heterocycles. The number of rotatable bonds is 5. The molecular weight excluding hydrogens is 360 g/mol. The average molecular weight is 376 g/mol. The van der Waals surface area contributed by atoms with Crippen LogP contribution in [0, 0.1) is 0 Å². The first kappa shape index (κ1) is 16.7. The summed E-state index contributed by atoms with van der Waals surface area (Å²) in [5, 5.41) is 8.16. The van der Waals surface area contributed by atoms with Crippen molar-refractivity contribution in [1.29, 1.82) is 0 Å². The zero-order chi connectivity index (χ0) is 17.9. The molecule has 1 aliphatic carbocycles. The number of carbonyl (C=O) groups is 2. The largest absolute Gasteiger partial charge is 0.485 e. The van der Waals surface area contributed by atoms with Crippen molar-refractivity contribution in [1.82, 2.24) is 21.0 Å². The number of fused-ring (bicyclic) bond motifs is 1. The fourth-order valence-corrected chi connectivity index (χ4v) is 2.87. The average Bonchev–Trinajstić information content (AvgIpc) is 3.42. The normalized spacial score (nSPS) is 18.2. The number of nitrogens with zero attached hydrogens (tertiary/aromatic N) is 2. The van der Waals surface area contributed by atoms with Gasteiger partial charge in [-0.3, -0.25) is 20.4 Å². The molecule has 2 aromatic rings. The lowest BCUT2D eigenvalue weighted by atomic mass is 10.2. The van der Waals surface area contributed by atoms with Gasteiger partial charge in [0.25, 0.3) is 11.1 Å². The fraction of sp³-hybridized carbons (Fsp3) is 0.375. The van der Waals surface area contributed by atoms with Gasteiger partial charge in [-0.1, -0.05) is 23.9 Å². The van der Waals surface area contributed by atoms with E-state index < -0.39 is 17.9 Å². The molecule has 0 radical (unpaired) electrons. The second-order valence-corrected chi connectivity index (χ2v) is 6.80. The summed E-state index contributed by atoms with van der Waals surface area (Å²) in [6, 6.07) is 7.07. The molecule has 1 fully saturated rings. The Kier molecular flexibility index (Phi) is 4.65. The number of amides is 2. The van der Waals surface area contributed by atoms with Gasteiger partial charge in [0.2, 0.25) is 17.9 Å². The van der Waals surface area contributed by atoms with Gasteiger partial charge >= 0.3 is 0 Å². The van der Waals surface area contributed by atoms with Crippen LogP contribution in [0.3, 0.4) is 0 Å². The lowest BCUT2D eigenvalue weighted by molar-refractivity contribution is -0.134. The number of carbonyl (C=O) groups excluding carboxylic acids is 2. The molecule has 0 bridgehead atoms. The van der Waals surface area contributed by atoms with Crippen LogP contribution in [0.4, 0.5) is 0 Å². The summed E-state index contributed by atoms with van der Waals surface area (Å²) in [7, 11) is 0. The van der Waals surface area contributed by atoms with E-state index in [1.165, 1.54) is 0 Å². The summed E-state index contributed by atoms with van der Waals surface area (Å²) in [6.07, 6.45) is 1.29. The molecule has 1 aromatic carbocycles. The molecule has 136 valence electrons. The second kappa shape index (κ2) is 7.24. The first-order valence-electron chi connectivity index (χ1n) is 8.12. The molecule has 2 amide bonds. The van der Waals surface area contributed by atoms with Crippen molar-refractivity contribution in [2.24, 2.45) is 0 Å². The van der Waals surface area contributed by atoms with Crippen LogP contribution in [0.2, 0.25) is 0 Å². The SMILES string of the molecule is O=C(CSc1nnc(C2CC2)o1)NNC(=O)[C@@H]1COc2ccccc2O1. The highest BCUT2D eigenvalue weighted by Gasteiger charge is 2.30. The van der Waals surface area contributed by atoms with Crippen molar-refractivity contribution in [3.8, 4) is 11.5 Å². The van der Waals surface area contributed by atoms with Crippen LogP contribution >= 0.6 is 11.8 Å². The summed E-state index contributed by atoms with van der Waals surface area (Å²) < 4.78 is 16.5. The van der Waals surface area contributed by atoms with Crippen molar-refractivity contribution in [3.63, 3.8) is 0 Å². The van der Waals surface area contributed by atoms with Gasteiger partial charge in [-0.2, -0.15) is 0 Å². The molecule has 2 N–H and O–H groups in total. The quantitative estimate of drug-likeness (QED) is 0.587. The minimum Gasteiger partial charge on any atom is -0.485 e. The summed E-state index contributed by atoms with van der Waals surface area (Å²) in [5.41, 5.74) is 4.66. The maximum Gasteiger partial charge on any atom is 0.283 e. The molecule has 1 aliphatic heterocycles. The molecule has 1 saturated carbocycles. The molecule has 26 heavy (non-hydrogen) atoms. The van der Waals surface area contributed by atoms with Crippen molar-refractivity contribution >= 4 is 23.6 Å². The van der Waals surface area contributed by atoms with Gasteiger partial charge in [0.05, 0.1) is 5.75 Å². The van der Waals surface area contributed by atoms with Gasteiger partial charge in [0.1, 0.15) is 6.61 Å². The second-order valence-electron chi connectivity index (χ2n) is 5.87. The molecule has 10 heteroatoms. The van der Waals surface area contributed by atoms with Gasteiger partial charge in [0.15, 0.2) is 11.5 Å². The van der Waals surface area contributed by atoms with Crippen LogP contribution in [-0.2, 0) is 9.59 Å². The third-order valence-corrected chi connectivity index (χ3v) is 4.62. The van der Waals surface area contributed by atoms with Crippen molar-refractivity contribution in [2.45, 2.75) is 30.1 Å². The molecule has 0 unspecified atom stereocenters. The monoisotopic (exact) mass is 376 g/mol. The number of aromatic nitrogens is 2. The Hall–Kier alpha value is -2.75. The molecule has 2 aliphatic rings. The minimum atomic E-state index is -0.838. The summed E-state index contributed by atoms with van der Waals surface area (Å²) in [6.45, 7) is 0.0688. The van der Waals surface area contributed by atoms with Crippen LogP contribution < -0.4 is 20.3 Å². The number of hydrogen-bond acceptors (Lipinski definition) is 8. The molecule has 9 nitrogen and oxygen atoms in total. The van der Waals surface area contributed by atoms with Gasteiger partial charge < -0.3 is 13.9 Å². The number of hydrogen-bond donors (Lipinski definition) is 2. The van der Waals surface area contributed by atoms with Gasteiger partial charge in [-0.15, -0.1) is 10.2 Å². The van der Waals surface area contributed by atoms with Crippen molar-refractivity contribution in [3.05, 3.63) is 30.2 Å². The first-order valence-corrected chi connectivity index (χ1v) is 9.11. The zero-order valence-electron chi connectivity index (χ0n) is 13.6. The predicted octanol–water partition coefficient (Wildman–Crippen LogP) is 1.03. The van der Waals surface area contributed by atoms with E-state index in [1.54, 1.807) is 18.2 Å². The Morgan fingerprint density at radius 2 is 1.96 bits per heavy atom. The van der Waals surface area contributed by atoms with Crippen LogP contribution in [0.1, 0.15) is 24.7 Å². The fourth-order valence-electron chi connectivity index (χ4n) is 2.30. The van der Waals surface area contributed by atoms with Crippen molar-refractivity contribution < 1.29 is 23.5 Å². The lowest BCUT2D eigenvalue weighted by Crippen LogP contribution is -2.51. The number of thioether (sulfide) groups is 1. The highest BCUT2D eigenvalue weighted by Crippen LogP contribution is 2.39. The number of ether oxygens (including phenoxy) is 2. The summed E-state index contributed by atoms with van der Waals surface area (Å²) in [5.74, 6) is 1.21. The Balaban J connectivity index is 1.20. The highest BCUT2D eigenvalue weighted by molar-refractivity contribution is 7.99. The maximum atomic E-state index is 12.1. The molecule has 2 heterocycles. The predicted molar refractivity (Wildman–Crippen MR) is 89.6 cm³/mol. The van der Waals surface area contributed by atoms with Crippen LogP contribution in [-0.4, -0.2) is 40.5 Å². The Bertz CT molecular complexity index is 822. The van der Waals surface area contributed by atoms with Crippen LogP contribution in [0.25, 0.3) is 0 Å². The maximum absolute atomic E-state index is 12.1. The van der Waals surface area contributed by atoms with Gasteiger partial charge in [-0.05, 0) is 25.0 Å². The number of para-hydroxylation sites is 2. The van der Waals surface area contributed by atoms with Crippen molar-refractivity contribution in [2.75, 3.05) is 12.4 Å². The Morgan fingerprint density at radius 3 is 2.77 bits per heavy atom. The van der Waals surface area contributed by atoms with E-state index in [-0.39, 0.29) is 12.4 Å². The minimum absolute atomic E-state index is 0.0391. The van der Waals surface area contributed by atoms with E-state index in [9.17, 15) is 9.59 Å². The number of benzene rings is 1. The van der Waals surface area contributed by atoms with E-state index >= 15 is 0 Å². The third kappa shape index (κ3) is 3.90. The molecule has 1 atom stereocenters. The van der Waals surface area contributed by atoms with Crippen LogP contribution in [0.15, 0.2) is 33.9 Å². The lowest BCUT2D eigenvalue weighted by Gasteiger charge is -2.25. The smallest absolute Gasteiger partial charge is 0.283 e. The van der Waals surface area contributed by atoms with Crippen LogP contribution in [0.5, 0.6) is 11.5 Å². The topological polar surface area (TPSA) is 116 Å². The van der Waals surface area contributed by atoms with E-state index in [2.05, 4.69) is 21.0 Å². The third-order valence-electron chi connectivity index (χ3n) is 3.80. The molecule has 1 aromatic heterocycles.